The van der Waals surface area contributed by atoms with Crippen molar-refractivity contribution in [1.29, 1.82) is 0 Å². The second kappa shape index (κ2) is 5.49. The molecule has 0 atom stereocenters. The molecule has 21 heavy (non-hydrogen) atoms. The van der Waals surface area contributed by atoms with Crippen LogP contribution in [0.3, 0.4) is 0 Å². The Morgan fingerprint density at radius 3 is 3.10 bits per heavy atom. The Labute approximate surface area is 124 Å². The summed E-state index contributed by atoms with van der Waals surface area (Å²) >= 11 is 1.55. The van der Waals surface area contributed by atoms with Gasteiger partial charge < -0.3 is 9.15 Å². The van der Waals surface area contributed by atoms with Crippen LogP contribution in [0.1, 0.15) is 21.9 Å². The van der Waals surface area contributed by atoms with Crippen molar-refractivity contribution < 1.29 is 13.9 Å². The minimum atomic E-state index is -0.496. The van der Waals surface area contributed by atoms with E-state index in [0.29, 0.717) is 18.1 Å². The lowest BCUT2D eigenvalue weighted by Gasteiger charge is -1.96. The van der Waals surface area contributed by atoms with Crippen molar-refractivity contribution in [3.05, 3.63) is 40.7 Å². The van der Waals surface area contributed by atoms with Crippen LogP contribution in [0.15, 0.2) is 28.0 Å². The maximum absolute atomic E-state index is 11.5. The third-order valence-electron chi connectivity index (χ3n) is 2.83. The first-order chi connectivity index (χ1) is 10.2. The van der Waals surface area contributed by atoms with Gasteiger partial charge in [0.2, 0.25) is 11.6 Å². The van der Waals surface area contributed by atoms with Gasteiger partial charge in [-0.25, -0.2) is 4.79 Å². The van der Waals surface area contributed by atoms with Crippen molar-refractivity contribution in [3.8, 4) is 10.7 Å². The van der Waals surface area contributed by atoms with Crippen molar-refractivity contribution >= 4 is 17.3 Å². The van der Waals surface area contributed by atoms with Gasteiger partial charge in [0.05, 0.1) is 12.0 Å². The van der Waals surface area contributed by atoms with Gasteiger partial charge in [0, 0.05) is 5.56 Å². The second-order valence-electron chi connectivity index (χ2n) is 4.34. The lowest BCUT2D eigenvalue weighted by molar-refractivity contribution is 0.0561. The number of aromatic nitrogens is 4. The van der Waals surface area contributed by atoms with Crippen molar-refractivity contribution in [1.82, 2.24) is 20.2 Å². The third kappa shape index (κ3) is 2.70. The van der Waals surface area contributed by atoms with E-state index in [1.165, 1.54) is 11.9 Å². The summed E-state index contributed by atoms with van der Waals surface area (Å²) in [5.41, 5.74) is 0.718. The van der Waals surface area contributed by atoms with Crippen LogP contribution in [0.5, 0.6) is 0 Å². The molecule has 0 fully saturated rings. The Morgan fingerprint density at radius 1 is 1.52 bits per heavy atom. The summed E-state index contributed by atoms with van der Waals surface area (Å²) < 4.78 is 10.1. The standard InChI is InChI=1S/C13H12N4O3S/c1-8-6-9(20-11(8)13(18)19-2)7-17-15-12(14-16-17)10-4-3-5-21-10/h3-6H,7H2,1-2H3. The van der Waals surface area contributed by atoms with E-state index < -0.39 is 5.97 Å². The first-order valence-corrected chi connectivity index (χ1v) is 7.04. The third-order valence-corrected chi connectivity index (χ3v) is 3.70. The van der Waals surface area contributed by atoms with Crippen molar-refractivity contribution in [3.63, 3.8) is 0 Å². The van der Waals surface area contributed by atoms with Crippen LogP contribution in [-0.4, -0.2) is 33.3 Å². The van der Waals surface area contributed by atoms with Gasteiger partial charge in [0.15, 0.2) is 0 Å². The predicted molar refractivity (Wildman–Crippen MR) is 75.0 cm³/mol. The molecular formula is C13H12N4O3S. The molecule has 3 heterocycles. The van der Waals surface area contributed by atoms with Crippen LogP contribution in [0.25, 0.3) is 10.7 Å². The van der Waals surface area contributed by atoms with E-state index in [1.54, 1.807) is 24.3 Å². The molecule has 0 radical (unpaired) electrons. The maximum atomic E-state index is 11.5. The summed E-state index contributed by atoms with van der Waals surface area (Å²) in [5, 5.41) is 14.2. The lowest BCUT2D eigenvalue weighted by Crippen LogP contribution is -2.03. The molecule has 3 aromatic heterocycles. The molecular weight excluding hydrogens is 292 g/mol. The Morgan fingerprint density at radius 2 is 2.38 bits per heavy atom. The van der Waals surface area contributed by atoms with E-state index in [9.17, 15) is 4.79 Å². The van der Waals surface area contributed by atoms with Crippen molar-refractivity contribution in [2.75, 3.05) is 7.11 Å². The summed E-state index contributed by atoms with van der Waals surface area (Å²) in [7, 11) is 1.32. The fourth-order valence-electron chi connectivity index (χ4n) is 1.88. The summed E-state index contributed by atoms with van der Waals surface area (Å²) in [6.45, 7) is 2.08. The highest BCUT2D eigenvalue weighted by molar-refractivity contribution is 7.13. The molecule has 3 rings (SSSR count). The number of esters is 1. The van der Waals surface area contributed by atoms with E-state index in [-0.39, 0.29) is 5.76 Å². The van der Waals surface area contributed by atoms with Gasteiger partial charge in [-0.15, -0.1) is 21.5 Å². The van der Waals surface area contributed by atoms with Gasteiger partial charge in [0.1, 0.15) is 12.3 Å². The maximum Gasteiger partial charge on any atom is 0.374 e. The number of nitrogens with zero attached hydrogens (tertiary/aromatic N) is 4. The minimum Gasteiger partial charge on any atom is -0.463 e. The number of hydrogen-bond donors (Lipinski definition) is 0. The molecule has 3 aromatic rings. The Kier molecular flexibility index (Phi) is 3.53. The summed E-state index contributed by atoms with van der Waals surface area (Å²) in [6.07, 6.45) is 0. The minimum absolute atomic E-state index is 0.200. The molecule has 0 saturated heterocycles. The van der Waals surface area contributed by atoms with Gasteiger partial charge in [-0.05, 0) is 29.6 Å². The number of thiophene rings is 1. The zero-order valence-corrected chi connectivity index (χ0v) is 12.3. The van der Waals surface area contributed by atoms with E-state index in [2.05, 4.69) is 20.1 Å². The van der Waals surface area contributed by atoms with E-state index in [1.807, 2.05) is 17.5 Å². The van der Waals surface area contributed by atoms with E-state index >= 15 is 0 Å². The van der Waals surface area contributed by atoms with Crippen molar-refractivity contribution in [2.24, 2.45) is 0 Å². The molecule has 108 valence electrons. The van der Waals surface area contributed by atoms with Crippen LogP contribution < -0.4 is 0 Å². The number of carbonyl (C=O) groups excluding carboxylic acids is 1. The van der Waals surface area contributed by atoms with Gasteiger partial charge in [0.25, 0.3) is 0 Å². The first kappa shape index (κ1) is 13.5. The first-order valence-electron chi connectivity index (χ1n) is 6.16. The molecule has 0 bridgehead atoms. The number of aryl methyl sites for hydroxylation is 1. The number of tetrazole rings is 1. The Bertz CT molecular complexity index is 760. The topological polar surface area (TPSA) is 83.0 Å². The quantitative estimate of drug-likeness (QED) is 0.687. The highest BCUT2D eigenvalue weighted by Gasteiger charge is 2.17. The smallest absolute Gasteiger partial charge is 0.374 e. The van der Waals surface area contributed by atoms with E-state index in [0.717, 1.165) is 10.4 Å². The SMILES string of the molecule is COC(=O)c1oc(Cn2nnc(-c3cccs3)n2)cc1C. The predicted octanol–water partition coefficient (Wildman–Crippen LogP) is 2.14. The molecule has 8 heteroatoms. The van der Waals surface area contributed by atoms with Crippen molar-refractivity contribution in [2.45, 2.75) is 13.5 Å². The van der Waals surface area contributed by atoms with Crippen LogP contribution in [0, 0.1) is 6.92 Å². The number of methoxy groups -OCH3 is 1. The number of rotatable bonds is 4. The molecule has 0 aromatic carbocycles. The molecule has 0 aliphatic rings. The molecule has 0 amide bonds. The van der Waals surface area contributed by atoms with Gasteiger partial charge in [-0.1, -0.05) is 6.07 Å². The number of hydrogen-bond acceptors (Lipinski definition) is 7. The molecule has 0 saturated carbocycles. The monoisotopic (exact) mass is 304 g/mol. The average molecular weight is 304 g/mol. The number of carbonyl (C=O) groups is 1. The van der Waals surface area contributed by atoms with Gasteiger partial charge >= 0.3 is 5.97 Å². The Balaban J connectivity index is 1.80. The highest BCUT2D eigenvalue weighted by Crippen LogP contribution is 2.20. The Hall–Kier alpha value is -2.48. The number of furan rings is 1. The number of ether oxygens (including phenoxy) is 1. The van der Waals surface area contributed by atoms with Crippen LogP contribution in [0.4, 0.5) is 0 Å². The molecule has 0 aliphatic carbocycles. The molecule has 0 unspecified atom stereocenters. The molecule has 7 nitrogen and oxygen atoms in total. The zero-order valence-electron chi connectivity index (χ0n) is 11.4. The molecule has 0 spiro atoms. The van der Waals surface area contributed by atoms with Crippen LogP contribution >= 0.6 is 11.3 Å². The van der Waals surface area contributed by atoms with Gasteiger partial charge in [-0.3, -0.25) is 0 Å². The zero-order chi connectivity index (χ0) is 14.8. The van der Waals surface area contributed by atoms with Gasteiger partial charge in [-0.2, -0.15) is 4.80 Å². The van der Waals surface area contributed by atoms with E-state index in [4.69, 9.17) is 4.42 Å². The fraction of sp³-hybridized carbons (Fsp3) is 0.231. The fourth-order valence-corrected chi connectivity index (χ4v) is 2.52. The molecule has 0 aliphatic heterocycles. The highest BCUT2D eigenvalue weighted by atomic mass is 32.1. The molecule has 0 N–H and O–H groups in total. The lowest BCUT2D eigenvalue weighted by atomic mass is 10.2. The second-order valence-corrected chi connectivity index (χ2v) is 5.28. The summed E-state index contributed by atoms with van der Waals surface area (Å²) in [4.78, 5) is 13.9. The summed E-state index contributed by atoms with van der Waals surface area (Å²) in [5.74, 6) is 0.847. The largest absolute Gasteiger partial charge is 0.463 e. The van der Waals surface area contributed by atoms with Crippen LogP contribution in [-0.2, 0) is 11.3 Å². The van der Waals surface area contributed by atoms with Crippen LogP contribution in [0.2, 0.25) is 0 Å². The normalized spacial score (nSPS) is 10.8. The average Bonchev–Trinajstić information content (AvgIpc) is 3.18. The summed E-state index contributed by atoms with van der Waals surface area (Å²) in [6, 6.07) is 5.62.